The highest BCUT2D eigenvalue weighted by Crippen LogP contribution is 2.30. The van der Waals surface area contributed by atoms with E-state index in [-0.39, 0.29) is 25.1 Å². The number of fused-ring (bicyclic) bond motifs is 1. The molecule has 7 heteroatoms. The highest BCUT2D eigenvalue weighted by molar-refractivity contribution is 6.30. The van der Waals surface area contributed by atoms with Crippen molar-refractivity contribution in [3.63, 3.8) is 0 Å². The average molecular weight is 488 g/mol. The number of aliphatic carboxylic acids is 1. The van der Waals surface area contributed by atoms with Gasteiger partial charge in [-0.2, -0.15) is 0 Å². The molecular weight excluding hydrogens is 461 g/mol. The Bertz CT molecular complexity index is 1110. The lowest BCUT2D eigenvalue weighted by Gasteiger charge is -2.27. The van der Waals surface area contributed by atoms with E-state index in [2.05, 4.69) is 23.5 Å². The van der Waals surface area contributed by atoms with Crippen molar-refractivity contribution in [1.82, 2.24) is 5.32 Å². The molecule has 1 aliphatic carbocycles. The minimum atomic E-state index is -0.997. The summed E-state index contributed by atoms with van der Waals surface area (Å²) < 4.78 is 5.32. The van der Waals surface area contributed by atoms with Crippen LogP contribution in [0.5, 0.6) is 5.75 Å². The molecule has 33 heavy (non-hydrogen) atoms. The van der Waals surface area contributed by atoms with E-state index in [9.17, 15) is 9.90 Å². The lowest BCUT2D eigenvalue weighted by atomic mass is 9.86. The van der Waals surface area contributed by atoms with Crippen LogP contribution in [0.25, 0.3) is 11.1 Å². The van der Waals surface area contributed by atoms with Gasteiger partial charge in [0.1, 0.15) is 5.75 Å². The van der Waals surface area contributed by atoms with Crippen molar-refractivity contribution < 1.29 is 19.7 Å². The Morgan fingerprint density at radius 3 is 2.64 bits per heavy atom. The second kappa shape index (κ2) is 11.5. The Labute approximate surface area is 204 Å². The van der Waals surface area contributed by atoms with Crippen LogP contribution in [-0.2, 0) is 17.6 Å². The Kier molecular flexibility index (Phi) is 8.75. The Hall–Kier alpha value is -2.57. The summed E-state index contributed by atoms with van der Waals surface area (Å²) in [7, 11) is 0. The molecule has 174 valence electrons. The van der Waals surface area contributed by atoms with Crippen LogP contribution in [0.3, 0.4) is 0 Å². The second-order valence-corrected chi connectivity index (χ2v) is 8.55. The lowest BCUT2D eigenvalue weighted by molar-refractivity contribution is -0.139. The van der Waals surface area contributed by atoms with E-state index >= 15 is 0 Å². The first-order valence-corrected chi connectivity index (χ1v) is 11.1. The van der Waals surface area contributed by atoms with Gasteiger partial charge in [0.2, 0.25) is 0 Å². The minimum absolute atomic E-state index is 0. The second-order valence-electron chi connectivity index (χ2n) is 8.11. The number of carbonyl (C=O) groups is 1. The molecule has 0 saturated carbocycles. The predicted octanol–water partition coefficient (Wildman–Crippen LogP) is 5.07. The van der Waals surface area contributed by atoms with Crippen LogP contribution in [0.1, 0.15) is 29.2 Å². The first-order valence-electron chi connectivity index (χ1n) is 10.7. The van der Waals surface area contributed by atoms with Crippen molar-refractivity contribution in [2.75, 3.05) is 13.2 Å². The number of nitrogens with one attached hydrogen (secondary N) is 1. The summed E-state index contributed by atoms with van der Waals surface area (Å²) in [5.74, 6) is -0.458. The summed E-state index contributed by atoms with van der Waals surface area (Å²) >= 11 is 6.04. The molecular formula is C26H27Cl2NO4. The van der Waals surface area contributed by atoms with Crippen molar-refractivity contribution >= 4 is 30.0 Å². The Morgan fingerprint density at radius 2 is 1.85 bits per heavy atom. The molecule has 0 amide bonds. The first kappa shape index (κ1) is 25.1. The molecule has 0 saturated heterocycles. The molecule has 0 unspecified atom stereocenters. The van der Waals surface area contributed by atoms with Crippen LogP contribution in [0.2, 0.25) is 5.02 Å². The highest BCUT2D eigenvalue weighted by atomic mass is 35.5. The molecule has 4 rings (SSSR count). The van der Waals surface area contributed by atoms with Gasteiger partial charge in [-0.25, -0.2) is 4.79 Å². The molecule has 3 aromatic carbocycles. The standard InChI is InChI=1S/C26H26ClNO4.ClH/c27-22-5-1-4-20(12-22)25(29)15-28-23-10-9-17-7-8-19(11-21(17)13-23)18-3-2-6-24(14-18)32-16-26(30)31;/h1-8,11-12,14,23,25,28-29H,9-10,13,15-16H2,(H,30,31);1H/t23-,25+;/m0./s1. The number of aliphatic hydroxyl groups excluding tert-OH is 1. The maximum Gasteiger partial charge on any atom is 0.341 e. The van der Waals surface area contributed by atoms with Crippen molar-refractivity contribution in [3.05, 3.63) is 88.4 Å². The summed E-state index contributed by atoms with van der Waals surface area (Å²) in [6.45, 7) is 0.116. The summed E-state index contributed by atoms with van der Waals surface area (Å²) in [5.41, 5.74) is 5.51. The molecule has 3 aromatic rings. The number of halogens is 2. The molecule has 0 fully saturated rings. The summed E-state index contributed by atoms with van der Waals surface area (Å²) in [4.78, 5) is 10.8. The van der Waals surface area contributed by atoms with Gasteiger partial charge in [0.15, 0.2) is 6.61 Å². The van der Waals surface area contributed by atoms with E-state index < -0.39 is 12.1 Å². The van der Waals surface area contributed by atoms with E-state index in [0.717, 1.165) is 36.0 Å². The van der Waals surface area contributed by atoms with Crippen LogP contribution >= 0.6 is 24.0 Å². The first-order chi connectivity index (χ1) is 15.5. The molecule has 0 radical (unpaired) electrons. The SMILES string of the molecule is Cl.O=C(O)COc1cccc(-c2ccc3c(c2)C[C@@H](NC[C@@H](O)c2cccc(Cl)c2)CC3)c1. The van der Waals surface area contributed by atoms with Crippen molar-refractivity contribution in [2.45, 2.75) is 31.4 Å². The summed E-state index contributed by atoms with van der Waals surface area (Å²) in [6.07, 6.45) is 2.30. The highest BCUT2D eigenvalue weighted by Gasteiger charge is 2.20. The van der Waals surface area contributed by atoms with Crippen LogP contribution in [0, 0.1) is 0 Å². The van der Waals surface area contributed by atoms with Gasteiger partial charge < -0.3 is 20.3 Å². The molecule has 5 nitrogen and oxygen atoms in total. The number of hydrogen-bond donors (Lipinski definition) is 3. The smallest absolute Gasteiger partial charge is 0.341 e. The third kappa shape index (κ3) is 6.71. The third-order valence-electron chi connectivity index (χ3n) is 5.80. The third-order valence-corrected chi connectivity index (χ3v) is 6.03. The molecule has 2 atom stereocenters. The predicted molar refractivity (Wildman–Crippen MR) is 132 cm³/mol. The summed E-state index contributed by atoms with van der Waals surface area (Å²) in [6, 6.07) is 21.6. The van der Waals surface area contributed by atoms with E-state index in [1.54, 1.807) is 18.2 Å². The minimum Gasteiger partial charge on any atom is -0.482 e. The molecule has 0 heterocycles. The van der Waals surface area contributed by atoms with Gasteiger partial charge in [0, 0.05) is 17.6 Å². The fraction of sp³-hybridized carbons (Fsp3) is 0.269. The fourth-order valence-corrected chi connectivity index (χ4v) is 4.33. The van der Waals surface area contributed by atoms with Gasteiger partial charge in [-0.3, -0.25) is 0 Å². The zero-order valence-corrected chi connectivity index (χ0v) is 19.6. The number of ether oxygens (including phenoxy) is 1. The fourth-order valence-electron chi connectivity index (χ4n) is 4.13. The number of aliphatic hydroxyl groups is 1. The number of rotatable bonds is 8. The number of carboxylic acid groups (broad SMARTS) is 1. The van der Waals surface area contributed by atoms with Crippen LogP contribution in [0.4, 0.5) is 0 Å². The number of benzene rings is 3. The molecule has 0 spiro atoms. The number of aryl methyl sites for hydroxylation is 1. The Morgan fingerprint density at radius 1 is 1.06 bits per heavy atom. The van der Waals surface area contributed by atoms with Crippen LogP contribution in [-0.4, -0.2) is 35.4 Å². The zero-order chi connectivity index (χ0) is 22.5. The lowest BCUT2D eigenvalue weighted by Crippen LogP contribution is -2.37. The molecule has 0 bridgehead atoms. The van der Waals surface area contributed by atoms with E-state index in [4.69, 9.17) is 21.4 Å². The van der Waals surface area contributed by atoms with Crippen molar-refractivity contribution in [2.24, 2.45) is 0 Å². The number of carboxylic acids is 1. The van der Waals surface area contributed by atoms with Crippen molar-refractivity contribution in [3.8, 4) is 16.9 Å². The maximum atomic E-state index is 10.8. The molecule has 1 aliphatic rings. The maximum absolute atomic E-state index is 10.8. The largest absolute Gasteiger partial charge is 0.482 e. The van der Waals surface area contributed by atoms with Gasteiger partial charge in [0.05, 0.1) is 6.10 Å². The van der Waals surface area contributed by atoms with Gasteiger partial charge in [-0.15, -0.1) is 12.4 Å². The van der Waals surface area contributed by atoms with Crippen LogP contribution in [0.15, 0.2) is 66.7 Å². The van der Waals surface area contributed by atoms with Crippen molar-refractivity contribution in [1.29, 1.82) is 0 Å². The zero-order valence-electron chi connectivity index (χ0n) is 18.0. The van der Waals surface area contributed by atoms with Crippen LogP contribution < -0.4 is 10.1 Å². The van der Waals surface area contributed by atoms with Gasteiger partial charge >= 0.3 is 5.97 Å². The van der Waals surface area contributed by atoms with E-state index in [0.29, 0.717) is 17.3 Å². The van der Waals surface area contributed by atoms with E-state index in [1.165, 1.54) is 11.1 Å². The Balaban J connectivity index is 0.00000306. The molecule has 3 N–H and O–H groups in total. The average Bonchev–Trinajstić information content (AvgIpc) is 2.81. The topological polar surface area (TPSA) is 78.8 Å². The van der Waals surface area contributed by atoms with E-state index in [1.807, 2.05) is 30.3 Å². The quantitative estimate of drug-likeness (QED) is 0.413. The van der Waals surface area contributed by atoms with Gasteiger partial charge in [0.25, 0.3) is 0 Å². The van der Waals surface area contributed by atoms with Gasteiger partial charge in [-0.1, -0.05) is 54.1 Å². The molecule has 0 aromatic heterocycles. The monoisotopic (exact) mass is 487 g/mol. The number of hydrogen-bond acceptors (Lipinski definition) is 4. The van der Waals surface area contributed by atoms with Gasteiger partial charge in [-0.05, 0) is 71.3 Å². The molecule has 0 aliphatic heterocycles. The normalized spacial score (nSPS) is 15.8. The summed E-state index contributed by atoms with van der Waals surface area (Å²) in [5, 5.41) is 23.4.